The SMILES string of the molecule is COC(=O)c1cc2ccccc2c(-c2c(I=O)c(C(=O)OC)cc3ccccc23)c1I=O. The zero-order chi connectivity index (χ0) is 22.8. The Bertz CT molecular complexity index is 1320. The van der Waals surface area contributed by atoms with Gasteiger partial charge < -0.3 is 9.47 Å². The molecule has 0 radical (unpaired) electrons. The molecule has 0 heterocycles. The van der Waals surface area contributed by atoms with E-state index in [2.05, 4.69) is 0 Å². The predicted molar refractivity (Wildman–Crippen MR) is 136 cm³/mol. The fourth-order valence-electron chi connectivity index (χ4n) is 3.81. The van der Waals surface area contributed by atoms with Crippen LogP contribution in [0.1, 0.15) is 20.7 Å². The highest BCUT2D eigenvalue weighted by Gasteiger charge is 2.27. The number of methoxy groups -OCH3 is 2. The molecule has 0 N–H and O–H groups in total. The monoisotopic (exact) mass is 654 g/mol. The normalized spacial score (nSPS) is 10.9. The van der Waals surface area contributed by atoms with Crippen molar-refractivity contribution in [2.24, 2.45) is 0 Å². The molecule has 4 aromatic carbocycles. The topological polar surface area (TPSA) is 86.7 Å². The summed E-state index contributed by atoms with van der Waals surface area (Å²) in [7, 11) is 2.54. The summed E-state index contributed by atoms with van der Waals surface area (Å²) in [4.78, 5) is 25.2. The van der Waals surface area contributed by atoms with Crippen LogP contribution in [0.15, 0.2) is 60.7 Å². The number of esters is 2. The minimum Gasteiger partial charge on any atom is -0.465 e. The van der Waals surface area contributed by atoms with Crippen molar-refractivity contribution in [3.63, 3.8) is 0 Å². The van der Waals surface area contributed by atoms with Crippen molar-refractivity contribution < 1.29 is 25.2 Å². The van der Waals surface area contributed by atoms with Crippen molar-refractivity contribution in [1.82, 2.24) is 0 Å². The van der Waals surface area contributed by atoms with Crippen LogP contribution in [0.25, 0.3) is 32.7 Å². The maximum Gasteiger partial charge on any atom is 0.339 e. The van der Waals surface area contributed by atoms with Crippen LogP contribution in [0, 0.1) is 7.14 Å². The van der Waals surface area contributed by atoms with Crippen molar-refractivity contribution in [3.05, 3.63) is 78.9 Å². The van der Waals surface area contributed by atoms with Crippen LogP contribution < -0.4 is 0 Å². The Hall–Kier alpha value is -2.60. The third-order valence-corrected chi connectivity index (χ3v) is 8.31. The summed E-state index contributed by atoms with van der Waals surface area (Å²) in [6, 6.07) is 18.1. The number of hydrogen-bond acceptors (Lipinski definition) is 6. The Morgan fingerprint density at radius 1 is 0.656 bits per heavy atom. The molecule has 0 aliphatic carbocycles. The van der Waals surface area contributed by atoms with E-state index in [0.29, 0.717) is 18.3 Å². The predicted octanol–water partition coefficient (Wildman–Crippen LogP) is 6.20. The first-order valence-electron chi connectivity index (χ1n) is 9.38. The van der Waals surface area contributed by atoms with Crippen molar-refractivity contribution in [2.45, 2.75) is 0 Å². The highest BCUT2D eigenvalue weighted by atomic mass is 127. The van der Waals surface area contributed by atoms with Gasteiger partial charge in [0, 0.05) is 11.1 Å². The van der Waals surface area contributed by atoms with E-state index in [1.54, 1.807) is 12.1 Å². The van der Waals surface area contributed by atoms with Gasteiger partial charge in [0.25, 0.3) is 0 Å². The van der Waals surface area contributed by atoms with Gasteiger partial charge in [-0.2, -0.15) is 0 Å². The van der Waals surface area contributed by atoms with Crippen LogP contribution in [0.2, 0.25) is 0 Å². The van der Waals surface area contributed by atoms with Crippen LogP contribution in [0.4, 0.5) is 0 Å². The average Bonchev–Trinajstić information content (AvgIpc) is 2.85. The average molecular weight is 654 g/mol. The molecule has 0 fully saturated rings. The lowest BCUT2D eigenvalue weighted by molar-refractivity contribution is 0.0590. The van der Waals surface area contributed by atoms with Gasteiger partial charge in [-0.05, 0) is 33.7 Å². The van der Waals surface area contributed by atoms with Gasteiger partial charge in [-0.25, -0.2) is 9.59 Å². The summed E-state index contributed by atoms with van der Waals surface area (Å²) >= 11 is -3.67. The molecular weight excluding hydrogens is 638 g/mol. The fraction of sp³-hybridized carbons (Fsp3) is 0.0833. The van der Waals surface area contributed by atoms with Crippen LogP contribution in [0.5, 0.6) is 0 Å². The number of benzene rings is 4. The van der Waals surface area contributed by atoms with Gasteiger partial charge in [0.2, 0.25) is 0 Å². The highest BCUT2D eigenvalue weighted by Crippen LogP contribution is 2.44. The maximum atomic E-state index is 12.6. The van der Waals surface area contributed by atoms with Crippen LogP contribution >= 0.6 is 42.4 Å². The Morgan fingerprint density at radius 3 is 1.38 bits per heavy atom. The summed E-state index contributed by atoms with van der Waals surface area (Å²) < 4.78 is 35.7. The molecule has 0 aliphatic rings. The summed E-state index contributed by atoms with van der Waals surface area (Å²) in [6.07, 6.45) is 0. The zero-order valence-electron chi connectivity index (χ0n) is 17.0. The van der Waals surface area contributed by atoms with Gasteiger partial charge in [0.15, 0.2) is 42.4 Å². The maximum absolute atomic E-state index is 12.6. The molecule has 162 valence electrons. The molecule has 0 saturated carbocycles. The second-order valence-electron chi connectivity index (χ2n) is 6.81. The molecule has 0 unspecified atom stereocenters. The molecule has 0 spiro atoms. The lowest BCUT2D eigenvalue weighted by Crippen LogP contribution is -2.09. The number of rotatable bonds is 5. The lowest BCUT2D eigenvalue weighted by Gasteiger charge is -2.18. The lowest BCUT2D eigenvalue weighted by atomic mass is 9.90. The standard InChI is InChI=1S/C24H16I2O6/c1-31-23(27)17-11-13-7-3-5-9-15(13)19(21(17)25-29)20-16-10-6-4-8-14(16)12-18(22(20)26-30)24(28)32-2/h3-12H,1-2H3. The van der Waals surface area contributed by atoms with E-state index < -0.39 is 54.3 Å². The molecule has 4 aromatic rings. The van der Waals surface area contributed by atoms with E-state index >= 15 is 0 Å². The van der Waals surface area contributed by atoms with E-state index in [1.807, 2.05) is 48.5 Å². The number of hydrogen-bond donors (Lipinski definition) is 0. The molecule has 0 atom stereocenters. The van der Waals surface area contributed by atoms with E-state index in [9.17, 15) is 15.7 Å². The second-order valence-corrected chi connectivity index (χ2v) is 9.84. The Labute approximate surface area is 204 Å². The van der Waals surface area contributed by atoms with Gasteiger partial charge in [-0.1, -0.05) is 48.5 Å². The van der Waals surface area contributed by atoms with Crippen molar-refractivity contribution >= 4 is 75.9 Å². The molecular formula is C24H16I2O6. The molecule has 0 aromatic heterocycles. The molecule has 0 saturated heterocycles. The number of ether oxygens (including phenoxy) is 2. The van der Waals surface area contributed by atoms with Crippen LogP contribution in [-0.2, 0) is 15.6 Å². The third-order valence-electron chi connectivity index (χ3n) is 5.19. The Morgan fingerprint density at radius 2 is 1.03 bits per heavy atom. The van der Waals surface area contributed by atoms with E-state index in [-0.39, 0.29) is 11.1 Å². The highest BCUT2D eigenvalue weighted by molar-refractivity contribution is 14.2. The van der Waals surface area contributed by atoms with Crippen molar-refractivity contribution in [2.75, 3.05) is 14.2 Å². The molecule has 4 rings (SSSR count). The van der Waals surface area contributed by atoms with Crippen LogP contribution in [-0.4, -0.2) is 26.2 Å². The fourth-order valence-corrected chi connectivity index (χ4v) is 6.60. The molecule has 0 amide bonds. The number of halogens is 2. The van der Waals surface area contributed by atoms with Gasteiger partial charge in [0.05, 0.1) is 32.5 Å². The Balaban J connectivity index is 2.31. The summed E-state index contributed by atoms with van der Waals surface area (Å²) in [6.45, 7) is 0. The zero-order valence-corrected chi connectivity index (χ0v) is 21.3. The molecule has 0 aliphatic heterocycles. The summed E-state index contributed by atoms with van der Waals surface area (Å²) in [5.74, 6) is -1.20. The van der Waals surface area contributed by atoms with E-state index in [4.69, 9.17) is 9.47 Å². The van der Waals surface area contributed by atoms with Crippen molar-refractivity contribution in [3.8, 4) is 11.1 Å². The first kappa shape index (κ1) is 22.6. The van der Waals surface area contributed by atoms with Gasteiger partial charge >= 0.3 is 11.9 Å². The summed E-state index contributed by atoms with van der Waals surface area (Å²) in [5, 5.41) is 2.98. The van der Waals surface area contributed by atoms with Crippen LogP contribution in [0.3, 0.4) is 0 Å². The van der Waals surface area contributed by atoms with E-state index in [0.717, 1.165) is 21.5 Å². The quantitative estimate of drug-likeness (QED) is 0.188. The Kier molecular flexibility index (Phi) is 6.70. The van der Waals surface area contributed by atoms with Gasteiger partial charge in [-0.3, -0.25) is 6.14 Å². The minimum absolute atomic E-state index is 0.201. The first-order valence-corrected chi connectivity index (χ1v) is 13.3. The smallest absolute Gasteiger partial charge is 0.339 e. The molecule has 8 heteroatoms. The number of carbonyl (C=O) groups excluding carboxylic acids is 2. The second kappa shape index (κ2) is 9.49. The van der Waals surface area contributed by atoms with E-state index in [1.165, 1.54) is 14.2 Å². The van der Waals surface area contributed by atoms with Gasteiger partial charge in [-0.15, -0.1) is 0 Å². The van der Waals surface area contributed by atoms with Gasteiger partial charge in [0.1, 0.15) is 0 Å². The summed E-state index contributed by atoms with van der Waals surface area (Å²) in [5.41, 5.74) is 1.48. The number of carbonyl (C=O) groups is 2. The number of fused-ring (bicyclic) bond motifs is 2. The molecule has 0 bridgehead atoms. The molecule has 6 nitrogen and oxygen atoms in total. The first-order chi connectivity index (χ1) is 15.5. The van der Waals surface area contributed by atoms with Crippen molar-refractivity contribution in [1.29, 1.82) is 0 Å². The molecule has 32 heavy (non-hydrogen) atoms. The minimum atomic E-state index is -1.84. The largest absolute Gasteiger partial charge is 0.465 e. The third kappa shape index (κ3) is 3.75.